The van der Waals surface area contributed by atoms with Crippen molar-refractivity contribution in [3.05, 3.63) is 54.4 Å². The molecule has 1 aliphatic rings. The molecule has 1 aromatic carbocycles. The molecule has 0 spiro atoms. The minimum atomic E-state index is -4.07. The highest BCUT2D eigenvalue weighted by atomic mass is 32.2. The largest absolute Gasteiger partial charge is 0.382 e. The highest BCUT2D eigenvalue weighted by molar-refractivity contribution is 7.90. The molecule has 1 amide bonds. The van der Waals surface area contributed by atoms with Gasteiger partial charge in [0, 0.05) is 49.4 Å². The van der Waals surface area contributed by atoms with Crippen LogP contribution in [0.5, 0.6) is 0 Å². The molecule has 3 N–H and O–H groups in total. The monoisotopic (exact) mass is 452 g/mol. The van der Waals surface area contributed by atoms with Crippen LogP contribution >= 0.6 is 0 Å². The lowest BCUT2D eigenvalue weighted by Crippen LogP contribution is -2.39. The summed E-state index contributed by atoms with van der Waals surface area (Å²) < 4.78 is 27.6. The van der Waals surface area contributed by atoms with E-state index in [0.717, 1.165) is 36.4 Å². The highest BCUT2D eigenvalue weighted by Gasteiger charge is 2.28. The fraction of sp³-hybridized carbons (Fsp3) is 0.318. The van der Waals surface area contributed by atoms with Gasteiger partial charge < -0.3 is 16.0 Å². The van der Waals surface area contributed by atoms with E-state index in [4.69, 9.17) is 11.0 Å². The number of nitriles is 1. The van der Waals surface area contributed by atoms with Gasteiger partial charge in [-0.15, -0.1) is 0 Å². The van der Waals surface area contributed by atoms with E-state index in [0.29, 0.717) is 17.5 Å². The number of amides is 1. The molecular formula is C22H24N6O3S. The van der Waals surface area contributed by atoms with E-state index in [1.54, 1.807) is 24.3 Å². The maximum absolute atomic E-state index is 13.3. The number of hydrogen-bond donors (Lipinski definition) is 2. The molecule has 9 nitrogen and oxygen atoms in total. The molecule has 3 heterocycles. The van der Waals surface area contributed by atoms with Gasteiger partial charge in [-0.05, 0) is 37.1 Å². The molecule has 1 fully saturated rings. The van der Waals surface area contributed by atoms with Crippen molar-refractivity contribution in [3.63, 3.8) is 0 Å². The maximum Gasteiger partial charge on any atom is 0.270 e. The number of piperidine rings is 1. The molecule has 1 saturated heterocycles. The number of nitrogens with zero attached hydrogens (tertiary/aromatic N) is 4. The lowest BCUT2D eigenvalue weighted by molar-refractivity contribution is 0.0995. The van der Waals surface area contributed by atoms with Crippen LogP contribution < -0.4 is 11.1 Å². The Labute approximate surface area is 186 Å². The van der Waals surface area contributed by atoms with Gasteiger partial charge in [-0.1, -0.05) is 18.2 Å². The first-order valence-electron chi connectivity index (χ1n) is 10.4. The van der Waals surface area contributed by atoms with Crippen molar-refractivity contribution in [2.24, 2.45) is 5.73 Å². The molecule has 3 aromatic rings. The van der Waals surface area contributed by atoms with E-state index in [9.17, 15) is 13.2 Å². The quantitative estimate of drug-likeness (QED) is 0.561. The molecule has 2 aromatic heterocycles. The van der Waals surface area contributed by atoms with Crippen LogP contribution in [0, 0.1) is 11.3 Å². The number of benzene rings is 1. The van der Waals surface area contributed by atoms with Crippen molar-refractivity contribution < 1.29 is 13.2 Å². The Morgan fingerprint density at radius 2 is 1.94 bits per heavy atom. The number of anilines is 1. The number of nitrogens with one attached hydrogen (secondary N) is 1. The van der Waals surface area contributed by atoms with E-state index in [-0.39, 0.29) is 22.3 Å². The predicted octanol–water partition coefficient (Wildman–Crippen LogP) is 2.16. The van der Waals surface area contributed by atoms with Crippen LogP contribution in [-0.2, 0) is 10.0 Å². The highest BCUT2D eigenvalue weighted by Crippen LogP contribution is 2.30. The second-order valence-corrected chi connectivity index (χ2v) is 9.53. The lowest BCUT2D eigenvalue weighted by atomic mass is 10.0. The van der Waals surface area contributed by atoms with Gasteiger partial charge in [0.15, 0.2) is 5.65 Å². The van der Waals surface area contributed by atoms with E-state index in [2.05, 4.69) is 21.3 Å². The zero-order chi connectivity index (χ0) is 22.7. The zero-order valence-corrected chi connectivity index (χ0v) is 18.3. The minimum Gasteiger partial charge on any atom is -0.382 e. The van der Waals surface area contributed by atoms with Gasteiger partial charge in [-0.3, -0.25) is 4.79 Å². The average molecular weight is 453 g/mol. The second-order valence-electron chi connectivity index (χ2n) is 7.74. The molecule has 0 saturated carbocycles. The van der Waals surface area contributed by atoms with E-state index >= 15 is 0 Å². The summed E-state index contributed by atoms with van der Waals surface area (Å²) in [6.07, 6.45) is 3.82. The number of aromatic nitrogens is 2. The molecule has 10 heteroatoms. The van der Waals surface area contributed by atoms with Crippen LogP contribution in [0.25, 0.3) is 11.0 Å². The Morgan fingerprint density at radius 1 is 1.22 bits per heavy atom. The number of carbonyl (C=O) groups is 1. The summed E-state index contributed by atoms with van der Waals surface area (Å²) in [4.78, 5) is 18.7. The third-order valence-electron chi connectivity index (χ3n) is 5.68. The Hall–Kier alpha value is -3.42. The summed E-state index contributed by atoms with van der Waals surface area (Å²) in [5, 5.41) is 12.8. The molecule has 4 rings (SSSR count). The third kappa shape index (κ3) is 4.17. The van der Waals surface area contributed by atoms with Crippen LogP contribution in [0.1, 0.15) is 29.8 Å². The Morgan fingerprint density at radius 3 is 2.59 bits per heavy atom. The van der Waals surface area contributed by atoms with Crippen LogP contribution in [0.2, 0.25) is 0 Å². The number of nitrogens with two attached hydrogens (primary N) is 1. The zero-order valence-electron chi connectivity index (χ0n) is 17.4. The first kappa shape index (κ1) is 21.8. The first-order valence-corrected chi connectivity index (χ1v) is 11.8. The molecule has 32 heavy (non-hydrogen) atoms. The van der Waals surface area contributed by atoms with Gasteiger partial charge in [0.25, 0.3) is 15.9 Å². The van der Waals surface area contributed by atoms with Crippen LogP contribution in [0.4, 0.5) is 5.69 Å². The van der Waals surface area contributed by atoms with E-state index in [1.807, 2.05) is 0 Å². The average Bonchev–Trinajstić information content (AvgIpc) is 3.21. The molecule has 0 radical (unpaired) electrons. The molecule has 0 bridgehead atoms. The van der Waals surface area contributed by atoms with Gasteiger partial charge in [0.1, 0.15) is 5.69 Å². The number of rotatable bonds is 7. The first-order chi connectivity index (χ1) is 15.4. The van der Waals surface area contributed by atoms with Crippen molar-refractivity contribution in [2.75, 3.05) is 25.0 Å². The minimum absolute atomic E-state index is 0.0462. The number of carbonyl (C=O) groups excluding carboxylic acids is 1. The predicted molar refractivity (Wildman–Crippen MR) is 121 cm³/mol. The van der Waals surface area contributed by atoms with Crippen molar-refractivity contribution >= 4 is 32.7 Å². The Bertz CT molecular complexity index is 1270. The Balaban J connectivity index is 1.68. The van der Waals surface area contributed by atoms with Crippen LogP contribution in [0.3, 0.4) is 0 Å². The van der Waals surface area contributed by atoms with Gasteiger partial charge >= 0.3 is 0 Å². The summed E-state index contributed by atoms with van der Waals surface area (Å²) >= 11 is 0. The number of likely N-dealkylation sites (tertiary alicyclic amines) is 1. The molecule has 0 atom stereocenters. The molecular weight excluding hydrogens is 428 g/mol. The van der Waals surface area contributed by atoms with Gasteiger partial charge in [0.2, 0.25) is 0 Å². The Kier molecular flexibility index (Phi) is 6.12. The van der Waals surface area contributed by atoms with Crippen molar-refractivity contribution in [1.82, 2.24) is 13.9 Å². The van der Waals surface area contributed by atoms with E-state index in [1.165, 1.54) is 24.4 Å². The number of fused-ring (bicyclic) bond motifs is 1. The summed E-state index contributed by atoms with van der Waals surface area (Å²) in [5.41, 5.74) is 6.26. The summed E-state index contributed by atoms with van der Waals surface area (Å²) in [6, 6.07) is 13.5. The number of primary amides is 1. The standard InChI is InChI=1S/C22H24N6O3S/c23-10-4-12-27-13-8-16(9-14-27)26-19-7-11-25-22-18(19)15-20(21(24)29)28(22)32(30,31)17-5-2-1-3-6-17/h1-3,5-7,11,15-16H,4,8-9,12-14H2,(H2,24,29)(H,25,26). The van der Waals surface area contributed by atoms with Gasteiger partial charge in [0.05, 0.1) is 11.0 Å². The maximum atomic E-state index is 13.3. The smallest absolute Gasteiger partial charge is 0.270 e. The lowest BCUT2D eigenvalue weighted by Gasteiger charge is -2.32. The fourth-order valence-corrected chi connectivity index (χ4v) is 5.53. The summed E-state index contributed by atoms with van der Waals surface area (Å²) in [5.74, 6) is -0.848. The second kappa shape index (κ2) is 8.98. The number of pyridine rings is 1. The van der Waals surface area contributed by atoms with Crippen molar-refractivity contribution in [1.29, 1.82) is 5.26 Å². The van der Waals surface area contributed by atoms with Crippen LogP contribution in [0.15, 0.2) is 53.6 Å². The third-order valence-corrected chi connectivity index (χ3v) is 7.40. The molecule has 1 aliphatic heterocycles. The van der Waals surface area contributed by atoms with E-state index < -0.39 is 15.9 Å². The summed E-state index contributed by atoms with van der Waals surface area (Å²) in [7, 11) is -4.07. The SMILES string of the molecule is N#CCCN1CCC(Nc2ccnc3c2cc(C(N)=O)n3S(=O)(=O)c2ccccc2)CC1. The van der Waals surface area contributed by atoms with Gasteiger partial charge in [-0.2, -0.15) is 5.26 Å². The van der Waals surface area contributed by atoms with Crippen molar-refractivity contribution in [2.45, 2.75) is 30.2 Å². The summed E-state index contributed by atoms with van der Waals surface area (Å²) in [6.45, 7) is 2.53. The van der Waals surface area contributed by atoms with Gasteiger partial charge in [-0.25, -0.2) is 17.4 Å². The topological polar surface area (TPSA) is 134 Å². The van der Waals surface area contributed by atoms with Crippen molar-refractivity contribution in [3.8, 4) is 6.07 Å². The molecule has 166 valence electrons. The number of hydrogen-bond acceptors (Lipinski definition) is 7. The normalized spacial score (nSPS) is 15.5. The fourth-order valence-electron chi connectivity index (χ4n) is 4.04. The van der Waals surface area contributed by atoms with Crippen LogP contribution in [-0.4, -0.2) is 53.9 Å². The molecule has 0 unspecified atom stereocenters. The molecule has 0 aliphatic carbocycles.